The predicted octanol–water partition coefficient (Wildman–Crippen LogP) is 3.54. The molecular formula is C14H21N. The summed E-state index contributed by atoms with van der Waals surface area (Å²) in [4.78, 5) is 2.62. The minimum absolute atomic E-state index is 0.657. The Morgan fingerprint density at radius 3 is 2.80 bits per heavy atom. The second kappa shape index (κ2) is 4.36. The van der Waals surface area contributed by atoms with Crippen LogP contribution >= 0.6 is 0 Å². The molecule has 0 aliphatic carbocycles. The molecule has 1 fully saturated rings. The number of benzene rings is 1. The van der Waals surface area contributed by atoms with Gasteiger partial charge in [0.05, 0.1) is 0 Å². The van der Waals surface area contributed by atoms with Crippen molar-refractivity contribution in [1.29, 1.82) is 0 Å². The number of hydrogen-bond acceptors (Lipinski definition) is 1. The fourth-order valence-corrected chi connectivity index (χ4v) is 2.64. The molecule has 1 aromatic carbocycles. The lowest BCUT2D eigenvalue weighted by Crippen LogP contribution is -2.30. The smallest absolute Gasteiger partial charge is 0.0351 e. The van der Waals surface area contributed by atoms with Gasteiger partial charge in [0, 0.05) is 12.1 Å². The second-order valence-corrected chi connectivity index (χ2v) is 4.90. The minimum atomic E-state index is 0.657. The van der Waals surface area contributed by atoms with Crippen molar-refractivity contribution >= 4 is 0 Å². The molecule has 0 unspecified atom stereocenters. The summed E-state index contributed by atoms with van der Waals surface area (Å²) >= 11 is 0. The molecule has 82 valence electrons. The van der Waals surface area contributed by atoms with Gasteiger partial charge in [-0.05, 0) is 45.7 Å². The first-order valence-corrected chi connectivity index (χ1v) is 6.01. The molecule has 1 atom stereocenters. The van der Waals surface area contributed by atoms with E-state index in [0.29, 0.717) is 12.1 Å². The average molecular weight is 203 g/mol. The molecule has 2 rings (SSSR count). The molecule has 0 bridgehead atoms. The summed E-state index contributed by atoms with van der Waals surface area (Å²) in [6.45, 7) is 8.04. The van der Waals surface area contributed by atoms with Crippen LogP contribution < -0.4 is 0 Å². The van der Waals surface area contributed by atoms with Crippen LogP contribution in [-0.2, 0) is 0 Å². The molecule has 0 N–H and O–H groups in total. The van der Waals surface area contributed by atoms with Crippen molar-refractivity contribution in [2.45, 2.75) is 45.7 Å². The maximum absolute atomic E-state index is 2.62. The third-order valence-electron chi connectivity index (χ3n) is 3.38. The molecule has 0 radical (unpaired) electrons. The summed E-state index contributed by atoms with van der Waals surface area (Å²) in [6.07, 6.45) is 2.67. The van der Waals surface area contributed by atoms with E-state index in [2.05, 4.69) is 49.9 Å². The molecule has 0 aromatic heterocycles. The molecule has 1 heteroatoms. The van der Waals surface area contributed by atoms with Gasteiger partial charge in [-0.1, -0.05) is 29.8 Å². The molecule has 0 spiro atoms. The monoisotopic (exact) mass is 203 g/mol. The van der Waals surface area contributed by atoms with Crippen LogP contribution in [0.25, 0.3) is 0 Å². The Labute approximate surface area is 93.1 Å². The fraction of sp³-hybridized carbons (Fsp3) is 0.571. The van der Waals surface area contributed by atoms with Gasteiger partial charge in [-0.15, -0.1) is 0 Å². The van der Waals surface area contributed by atoms with Gasteiger partial charge in [-0.25, -0.2) is 0 Å². The van der Waals surface area contributed by atoms with E-state index in [1.807, 2.05) is 0 Å². The Balaban J connectivity index is 2.22. The van der Waals surface area contributed by atoms with Crippen molar-refractivity contribution in [3.63, 3.8) is 0 Å². The maximum atomic E-state index is 2.62. The van der Waals surface area contributed by atoms with Crippen molar-refractivity contribution in [2.75, 3.05) is 6.54 Å². The minimum Gasteiger partial charge on any atom is -0.294 e. The van der Waals surface area contributed by atoms with Crippen LogP contribution in [0.2, 0.25) is 0 Å². The van der Waals surface area contributed by atoms with E-state index in [0.717, 1.165) is 0 Å². The molecule has 1 aliphatic rings. The van der Waals surface area contributed by atoms with Crippen LogP contribution in [-0.4, -0.2) is 17.5 Å². The second-order valence-electron chi connectivity index (χ2n) is 4.90. The molecule has 1 aromatic rings. The lowest BCUT2D eigenvalue weighted by atomic mass is 10.0. The summed E-state index contributed by atoms with van der Waals surface area (Å²) in [5.74, 6) is 0. The Hall–Kier alpha value is -0.820. The van der Waals surface area contributed by atoms with Gasteiger partial charge in [0.15, 0.2) is 0 Å². The maximum Gasteiger partial charge on any atom is 0.0351 e. The van der Waals surface area contributed by atoms with Crippen LogP contribution in [0.15, 0.2) is 24.3 Å². The summed E-state index contributed by atoms with van der Waals surface area (Å²) in [6, 6.07) is 10.3. The molecule has 1 nitrogen and oxygen atoms in total. The lowest BCUT2D eigenvalue weighted by molar-refractivity contribution is 0.205. The number of hydrogen-bond donors (Lipinski definition) is 0. The van der Waals surface area contributed by atoms with E-state index in [-0.39, 0.29) is 0 Å². The Morgan fingerprint density at radius 2 is 2.13 bits per heavy atom. The number of likely N-dealkylation sites (tertiary alicyclic amines) is 1. The molecule has 0 saturated carbocycles. The Morgan fingerprint density at radius 1 is 1.33 bits per heavy atom. The van der Waals surface area contributed by atoms with Crippen molar-refractivity contribution in [1.82, 2.24) is 4.90 Å². The van der Waals surface area contributed by atoms with Crippen LogP contribution in [0.5, 0.6) is 0 Å². The molecule has 1 aliphatic heterocycles. The van der Waals surface area contributed by atoms with E-state index in [1.54, 1.807) is 0 Å². The summed E-state index contributed by atoms with van der Waals surface area (Å²) < 4.78 is 0. The van der Waals surface area contributed by atoms with Gasteiger partial charge in [-0.3, -0.25) is 4.90 Å². The van der Waals surface area contributed by atoms with Crippen LogP contribution in [0.3, 0.4) is 0 Å². The molecule has 0 amide bonds. The zero-order valence-electron chi connectivity index (χ0n) is 10.0. The average Bonchev–Trinajstić information content (AvgIpc) is 2.65. The first-order valence-electron chi connectivity index (χ1n) is 6.01. The molecule has 1 heterocycles. The first kappa shape index (κ1) is 10.7. The Kier molecular flexibility index (Phi) is 3.11. The number of nitrogens with zero attached hydrogens (tertiary/aromatic N) is 1. The molecule has 15 heavy (non-hydrogen) atoms. The van der Waals surface area contributed by atoms with Gasteiger partial charge in [0.1, 0.15) is 0 Å². The zero-order valence-corrected chi connectivity index (χ0v) is 10.0. The van der Waals surface area contributed by atoms with Crippen LogP contribution in [0.1, 0.15) is 43.9 Å². The molecule has 1 saturated heterocycles. The number of rotatable bonds is 2. The number of aryl methyl sites for hydroxylation is 1. The highest BCUT2D eigenvalue weighted by atomic mass is 15.2. The zero-order chi connectivity index (χ0) is 10.8. The third kappa shape index (κ3) is 2.23. The fourth-order valence-electron chi connectivity index (χ4n) is 2.64. The first-order chi connectivity index (χ1) is 7.18. The van der Waals surface area contributed by atoms with Gasteiger partial charge in [0.2, 0.25) is 0 Å². The van der Waals surface area contributed by atoms with E-state index >= 15 is 0 Å². The van der Waals surface area contributed by atoms with Crippen molar-refractivity contribution in [3.05, 3.63) is 35.4 Å². The van der Waals surface area contributed by atoms with E-state index in [1.165, 1.54) is 30.5 Å². The summed E-state index contributed by atoms with van der Waals surface area (Å²) in [7, 11) is 0. The standard InChI is InChI=1S/C14H21N/c1-11(2)15-9-5-8-14(15)13-7-4-6-12(3)10-13/h4,6-7,10-11,14H,5,8-9H2,1-3H3/t14-/m1/s1. The van der Waals surface area contributed by atoms with Crippen molar-refractivity contribution in [2.24, 2.45) is 0 Å². The lowest BCUT2D eigenvalue weighted by Gasteiger charge is -2.28. The largest absolute Gasteiger partial charge is 0.294 e. The highest BCUT2D eigenvalue weighted by Crippen LogP contribution is 2.33. The van der Waals surface area contributed by atoms with E-state index < -0.39 is 0 Å². The predicted molar refractivity (Wildman–Crippen MR) is 65.0 cm³/mol. The highest BCUT2D eigenvalue weighted by molar-refractivity contribution is 5.25. The van der Waals surface area contributed by atoms with Gasteiger partial charge in [-0.2, -0.15) is 0 Å². The summed E-state index contributed by atoms with van der Waals surface area (Å²) in [5.41, 5.74) is 2.88. The van der Waals surface area contributed by atoms with Gasteiger partial charge < -0.3 is 0 Å². The van der Waals surface area contributed by atoms with E-state index in [4.69, 9.17) is 0 Å². The normalized spacial score (nSPS) is 22.5. The van der Waals surface area contributed by atoms with Crippen LogP contribution in [0.4, 0.5) is 0 Å². The Bertz CT molecular complexity index is 330. The van der Waals surface area contributed by atoms with Crippen LogP contribution in [0, 0.1) is 6.92 Å². The summed E-state index contributed by atoms with van der Waals surface area (Å²) in [5, 5.41) is 0. The SMILES string of the molecule is Cc1cccc([C@H]2CCCN2C(C)C)c1. The topological polar surface area (TPSA) is 3.24 Å². The van der Waals surface area contributed by atoms with Gasteiger partial charge in [0.25, 0.3) is 0 Å². The van der Waals surface area contributed by atoms with Gasteiger partial charge >= 0.3 is 0 Å². The third-order valence-corrected chi connectivity index (χ3v) is 3.38. The van der Waals surface area contributed by atoms with E-state index in [9.17, 15) is 0 Å². The van der Waals surface area contributed by atoms with Crippen molar-refractivity contribution < 1.29 is 0 Å². The highest BCUT2D eigenvalue weighted by Gasteiger charge is 2.27. The van der Waals surface area contributed by atoms with Crippen molar-refractivity contribution in [3.8, 4) is 0 Å². The molecular weight excluding hydrogens is 182 g/mol. The quantitative estimate of drug-likeness (QED) is 0.710.